The van der Waals surface area contributed by atoms with Crippen molar-refractivity contribution in [2.75, 3.05) is 33.0 Å². The highest BCUT2D eigenvalue weighted by Crippen LogP contribution is 2.39. The second-order valence-electron chi connectivity index (χ2n) is 7.07. The summed E-state index contributed by atoms with van der Waals surface area (Å²) in [5.41, 5.74) is 1.51. The molecule has 0 aromatic heterocycles. The van der Waals surface area contributed by atoms with Crippen LogP contribution in [0.5, 0.6) is 11.5 Å². The third-order valence-corrected chi connectivity index (χ3v) is 6.11. The van der Waals surface area contributed by atoms with Crippen molar-refractivity contribution in [3.05, 3.63) is 57.0 Å². The fourth-order valence-corrected chi connectivity index (χ4v) is 4.41. The lowest BCUT2D eigenvalue weighted by Gasteiger charge is -2.38. The molecule has 5 nitrogen and oxygen atoms in total. The number of rotatable bonds is 4. The van der Waals surface area contributed by atoms with E-state index in [1.165, 1.54) is 5.56 Å². The maximum absolute atomic E-state index is 12.9. The molecule has 0 atom stereocenters. The van der Waals surface area contributed by atoms with E-state index in [0.29, 0.717) is 55.1 Å². The number of amides is 1. The van der Waals surface area contributed by atoms with Crippen LogP contribution in [0.15, 0.2) is 40.9 Å². The molecule has 0 radical (unpaired) electrons. The van der Waals surface area contributed by atoms with Crippen molar-refractivity contribution in [1.29, 1.82) is 0 Å². The number of halogens is 2. The number of fused-ring (bicyclic) bond motifs is 1. The van der Waals surface area contributed by atoms with E-state index in [-0.39, 0.29) is 11.3 Å². The van der Waals surface area contributed by atoms with E-state index >= 15 is 0 Å². The molecule has 1 amide bonds. The van der Waals surface area contributed by atoms with Gasteiger partial charge in [0.15, 0.2) is 11.5 Å². The lowest BCUT2D eigenvalue weighted by molar-refractivity contribution is 0.0487. The zero-order chi connectivity index (χ0) is 19.6. The normalized spacial score (nSPS) is 17.8. The maximum atomic E-state index is 12.9. The summed E-state index contributed by atoms with van der Waals surface area (Å²) in [5, 5.41) is 3.48. The van der Waals surface area contributed by atoms with Gasteiger partial charge in [0, 0.05) is 35.2 Å². The minimum absolute atomic E-state index is 0.157. The predicted molar refractivity (Wildman–Crippen MR) is 111 cm³/mol. The van der Waals surface area contributed by atoms with Crippen LogP contribution in [0.25, 0.3) is 0 Å². The van der Waals surface area contributed by atoms with Gasteiger partial charge in [0.2, 0.25) is 0 Å². The lowest BCUT2D eigenvalue weighted by atomic mass is 9.74. The van der Waals surface area contributed by atoms with Gasteiger partial charge < -0.3 is 19.5 Å². The fourth-order valence-electron chi connectivity index (χ4n) is 3.74. The van der Waals surface area contributed by atoms with E-state index in [1.807, 2.05) is 12.1 Å². The van der Waals surface area contributed by atoms with Crippen LogP contribution < -0.4 is 14.8 Å². The topological polar surface area (TPSA) is 56.8 Å². The first-order chi connectivity index (χ1) is 13.6. The van der Waals surface area contributed by atoms with E-state index in [9.17, 15) is 4.79 Å². The summed E-state index contributed by atoms with van der Waals surface area (Å²) in [6, 6.07) is 11.6. The summed E-state index contributed by atoms with van der Waals surface area (Å²) in [7, 11) is 0. The van der Waals surface area contributed by atoms with E-state index < -0.39 is 0 Å². The zero-order valence-corrected chi connectivity index (χ0v) is 17.6. The first-order valence-electron chi connectivity index (χ1n) is 9.29. The van der Waals surface area contributed by atoms with Crippen LogP contribution in [-0.4, -0.2) is 38.9 Å². The molecule has 1 saturated heterocycles. The fraction of sp³-hybridized carbons (Fsp3) is 0.381. The second-order valence-corrected chi connectivity index (χ2v) is 8.39. The lowest BCUT2D eigenvalue weighted by Crippen LogP contribution is -2.44. The van der Waals surface area contributed by atoms with Crippen LogP contribution in [0, 0.1) is 0 Å². The molecule has 2 aromatic carbocycles. The van der Waals surface area contributed by atoms with Gasteiger partial charge in [0.25, 0.3) is 5.91 Å². The Morgan fingerprint density at radius 3 is 2.68 bits per heavy atom. The number of carbonyl (C=O) groups excluding carboxylic acids is 1. The molecule has 28 heavy (non-hydrogen) atoms. The number of carbonyl (C=O) groups is 1. The van der Waals surface area contributed by atoms with Crippen molar-refractivity contribution < 1.29 is 19.0 Å². The van der Waals surface area contributed by atoms with Crippen LogP contribution in [0.4, 0.5) is 0 Å². The number of benzene rings is 2. The van der Waals surface area contributed by atoms with Crippen LogP contribution in [0.3, 0.4) is 0 Å². The minimum Gasteiger partial charge on any atom is -0.486 e. The minimum atomic E-state index is -0.181. The summed E-state index contributed by atoms with van der Waals surface area (Å²) < 4.78 is 17.7. The van der Waals surface area contributed by atoms with E-state index in [0.717, 1.165) is 17.3 Å². The summed E-state index contributed by atoms with van der Waals surface area (Å²) in [5.74, 6) is 0.830. The van der Waals surface area contributed by atoms with Crippen molar-refractivity contribution in [3.63, 3.8) is 0 Å². The van der Waals surface area contributed by atoms with Gasteiger partial charge in [-0.05, 0) is 42.7 Å². The largest absolute Gasteiger partial charge is 0.486 e. The molecule has 148 valence electrons. The van der Waals surface area contributed by atoms with Gasteiger partial charge >= 0.3 is 0 Å². The molecule has 2 aromatic rings. The van der Waals surface area contributed by atoms with Crippen molar-refractivity contribution in [1.82, 2.24) is 5.32 Å². The Balaban J connectivity index is 1.54. The molecule has 2 heterocycles. The summed E-state index contributed by atoms with van der Waals surface area (Å²) in [4.78, 5) is 12.9. The Hall–Kier alpha value is -1.76. The molecule has 4 rings (SSSR count). The zero-order valence-electron chi connectivity index (χ0n) is 15.3. The Morgan fingerprint density at radius 1 is 1.11 bits per heavy atom. The Morgan fingerprint density at radius 2 is 1.89 bits per heavy atom. The van der Waals surface area contributed by atoms with E-state index in [2.05, 4.69) is 33.4 Å². The maximum Gasteiger partial charge on any atom is 0.251 e. The van der Waals surface area contributed by atoms with Gasteiger partial charge in [0.05, 0.1) is 5.02 Å². The van der Waals surface area contributed by atoms with Crippen LogP contribution in [0.2, 0.25) is 5.02 Å². The number of nitrogens with one attached hydrogen (secondary N) is 1. The second kappa shape index (κ2) is 8.31. The monoisotopic (exact) mass is 465 g/mol. The Labute approximate surface area is 177 Å². The number of ether oxygens (including phenoxy) is 3. The highest BCUT2D eigenvalue weighted by atomic mass is 79.9. The molecule has 0 unspecified atom stereocenters. The van der Waals surface area contributed by atoms with Crippen molar-refractivity contribution in [3.8, 4) is 11.5 Å². The predicted octanol–water partition coefficient (Wildman–Crippen LogP) is 4.35. The highest BCUT2D eigenvalue weighted by Gasteiger charge is 2.35. The molecule has 0 aliphatic carbocycles. The Bertz CT molecular complexity index is 883. The molecule has 1 fully saturated rings. The van der Waals surface area contributed by atoms with Crippen LogP contribution in [0.1, 0.15) is 28.8 Å². The molecule has 7 heteroatoms. The third-order valence-electron chi connectivity index (χ3n) is 5.33. The Kier molecular flexibility index (Phi) is 5.80. The quantitative estimate of drug-likeness (QED) is 0.728. The van der Waals surface area contributed by atoms with Gasteiger partial charge in [-0.15, -0.1) is 0 Å². The van der Waals surface area contributed by atoms with Gasteiger partial charge in [-0.3, -0.25) is 4.79 Å². The van der Waals surface area contributed by atoms with Crippen molar-refractivity contribution in [2.24, 2.45) is 0 Å². The smallest absolute Gasteiger partial charge is 0.251 e. The SMILES string of the molecule is O=C(NCC1(c2cccc(Br)c2)CCOCC1)c1cc(Cl)c2c(c1)OCCO2. The van der Waals surface area contributed by atoms with Crippen LogP contribution >= 0.6 is 27.5 Å². The molecule has 2 aliphatic rings. The van der Waals surface area contributed by atoms with E-state index in [4.69, 9.17) is 25.8 Å². The average Bonchev–Trinajstić information content (AvgIpc) is 2.73. The van der Waals surface area contributed by atoms with Gasteiger partial charge in [-0.25, -0.2) is 0 Å². The highest BCUT2D eigenvalue weighted by molar-refractivity contribution is 9.10. The molecule has 0 bridgehead atoms. The molecule has 0 saturated carbocycles. The van der Waals surface area contributed by atoms with E-state index in [1.54, 1.807) is 12.1 Å². The van der Waals surface area contributed by atoms with Crippen LogP contribution in [-0.2, 0) is 10.2 Å². The number of hydrogen-bond acceptors (Lipinski definition) is 4. The van der Waals surface area contributed by atoms with Gasteiger partial charge in [-0.2, -0.15) is 0 Å². The molecule has 2 aliphatic heterocycles. The van der Waals surface area contributed by atoms with Gasteiger partial charge in [0.1, 0.15) is 13.2 Å². The first-order valence-corrected chi connectivity index (χ1v) is 10.5. The summed E-state index contributed by atoms with van der Waals surface area (Å²) in [6.45, 7) is 2.78. The average molecular weight is 467 g/mol. The van der Waals surface area contributed by atoms with Crippen molar-refractivity contribution in [2.45, 2.75) is 18.3 Å². The molecule has 0 spiro atoms. The van der Waals surface area contributed by atoms with Gasteiger partial charge in [-0.1, -0.05) is 39.7 Å². The first kappa shape index (κ1) is 19.6. The standard InChI is InChI=1S/C21H21BrClNO4/c22-16-3-1-2-15(12-16)21(4-6-26-7-5-21)13-24-20(25)14-10-17(23)19-18(11-14)27-8-9-28-19/h1-3,10-12H,4-9,13H2,(H,24,25). The van der Waals surface area contributed by atoms with Crippen molar-refractivity contribution >= 4 is 33.4 Å². The third kappa shape index (κ3) is 4.00. The molecule has 1 N–H and O–H groups in total. The molecular formula is C21H21BrClNO4. The summed E-state index contributed by atoms with van der Waals surface area (Å²) in [6.07, 6.45) is 1.71. The molecular weight excluding hydrogens is 446 g/mol. The summed E-state index contributed by atoms with van der Waals surface area (Å²) >= 11 is 9.83. The number of hydrogen-bond donors (Lipinski definition) is 1.